The molecule has 0 unspecified atom stereocenters. The van der Waals surface area contributed by atoms with Crippen molar-refractivity contribution in [2.75, 3.05) is 25.4 Å². The van der Waals surface area contributed by atoms with Crippen LogP contribution in [0.1, 0.15) is 41.5 Å². The van der Waals surface area contributed by atoms with Crippen LogP contribution in [-0.4, -0.2) is 57.0 Å². The molecule has 0 aliphatic rings. The number of guanidine groups is 1. The summed E-state index contributed by atoms with van der Waals surface area (Å²) >= 11 is 0. The van der Waals surface area contributed by atoms with Gasteiger partial charge in [-0.05, 0) is 53.7 Å². The number of carbonyl (C=O) groups excluding carboxylic acids is 1. The van der Waals surface area contributed by atoms with Gasteiger partial charge in [0.15, 0.2) is 15.8 Å². The SMILES string of the molecule is CCNC(=NCC(C)(C)NC(=O)OC(C)(C)C)NCCS(=O)(=O)c1ccccc1.I. The molecule has 30 heavy (non-hydrogen) atoms. The van der Waals surface area contributed by atoms with Crippen LogP contribution in [0.2, 0.25) is 0 Å². The lowest BCUT2D eigenvalue weighted by Crippen LogP contribution is -2.49. The van der Waals surface area contributed by atoms with Crippen LogP contribution in [0.25, 0.3) is 0 Å². The van der Waals surface area contributed by atoms with Crippen molar-refractivity contribution in [3.8, 4) is 0 Å². The van der Waals surface area contributed by atoms with Gasteiger partial charge in [-0.3, -0.25) is 4.99 Å². The Bertz CT molecular complexity index is 791. The number of sulfone groups is 1. The van der Waals surface area contributed by atoms with Crippen LogP contribution in [0.3, 0.4) is 0 Å². The Morgan fingerprint density at radius 1 is 1.07 bits per heavy atom. The van der Waals surface area contributed by atoms with E-state index < -0.39 is 27.1 Å². The van der Waals surface area contributed by atoms with Gasteiger partial charge in [0.05, 0.1) is 22.7 Å². The lowest BCUT2D eigenvalue weighted by atomic mass is 10.1. The molecule has 1 aromatic rings. The first-order valence-electron chi connectivity index (χ1n) is 9.66. The molecule has 8 nitrogen and oxygen atoms in total. The molecule has 0 saturated carbocycles. The molecule has 1 rings (SSSR count). The molecule has 0 aromatic heterocycles. The topological polar surface area (TPSA) is 109 Å². The summed E-state index contributed by atoms with van der Waals surface area (Å²) in [5.41, 5.74) is -1.22. The first kappa shape index (κ1) is 28.4. The highest BCUT2D eigenvalue weighted by atomic mass is 127. The molecule has 3 N–H and O–H groups in total. The number of amides is 1. The number of rotatable bonds is 8. The van der Waals surface area contributed by atoms with E-state index in [0.29, 0.717) is 17.4 Å². The average Bonchev–Trinajstić information content (AvgIpc) is 2.58. The maximum absolute atomic E-state index is 12.4. The predicted molar refractivity (Wildman–Crippen MR) is 131 cm³/mol. The zero-order valence-electron chi connectivity index (χ0n) is 18.6. The molecule has 0 heterocycles. The number of benzene rings is 1. The Labute approximate surface area is 197 Å². The standard InChI is InChI=1S/C20H34N4O4S.HI/c1-7-21-17(22-13-14-29(26,27)16-11-9-8-10-12-16)23-15-20(5,6)24-18(25)28-19(2,3)4;/h8-12H,7,13-15H2,1-6H3,(H,24,25)(H2,21,22,23);1H. The van der Waals surface area contributed by atoms with Gasteiger partial charge in [-0.2, -0.15) is 0 Å². The fraction of sp³-hybridized carbons (Fsp3) is 0.600. The average molecular weight is 554 g/mol. The first-order valence-corrected chi connectivity index (χ1v) is 11.3. The van der Waals surface area contributed by atoms with E-state index in [1.54, 1.807) is 51.1 Å². The predicted octanol–water partition coefficient (Wildman–Crippen LogP) is 2.94. The summed E-state index contributed by atoms with van der Waals surface area (Å²) < 4.78 is 30.0. The zero-order chi connectivity index (χ0) is 22.1. The zero-order valence-corrected chi connectivity index (χ0v) is 21.8. The number of halogens is 1. The van der Waals surface area contributed by atoms with Crippen LogP contribution in [0.15, 0.2) is 40.2 Å². The lowest BCUT2D eigenvalue weighted by molar-refractivity contribution is 0.0476. The summed E-state index contributed by atoms with van der Waals surface area (Å²) in [5.74, 6) is 0.427. The van der Waals surface area contributed by atoms with Crippen molar-refractivity contribution >= 4 is 45.9 Å². The molecule has 0 spiro atoms. The maximum atomic E-state index is 12.4. The van der Waals surface area contributed by atoms with Gasteiger partial charge in [-0.1, -0.05) is 18.2 Å². The summed E-state index contributed by atoms with van der Waals surface area (Å²) in [6, 6.07) is 8.34. The van der Waals surface area contributed by atoms with Gasteiger partial charge in [0, 0.05) is 13.1 Å². The van der Waals surface area contributed by atoms with Gasteiger partial charge >= 0.3 is 6.09 Å². The van der Waals surface area contributed by atoms with Crippen LogP contribution in [0.5, 0.6) is 0 Å². The van der Waals surface area contributed by atoms with E-state index in [4.69, 9.17) is 4.74 Å². The highest BCUT2D eigenvalue weighted by Gasteiger charge is 2.24. The number of hydrogen-bond donors (Lipinski definition) is 3. The molecule has 1 aromatic carbocycles. The van der Waals surface area contributed by atoms with Crippen LogP contribution >= 0.6 is 24.0 Å². The van der Waals surface area contributed by atoms with E-state index in [-0.39, 0.29) is 42.8 Å². The quantitative estimate of drug-likeness (QED) is 0.259. The highest BCUT2D eigenvalue weighted by molar-refractivity contribution is 14.0. The Morgan fingerprint density at radius 3 is 2.20 bits per heavy atom. The minimum atomic E-state index is -3.37. The molecule has 0 saturated heterocycles. The molecule has 172 valence electrons. The third-order valence-electron chi connectivity index (χ3n) is 3.58. The number of hydrogen-bond acceptors (Lipinski definition) is 5. The third-order valence-corrected chi connectivity index (χ3v) is 5.31. The number of ether oxygens (including phenoxy) is 1. The third kappa shape index (κ3) is 11.6. The van der Waals surface area contributed by atoms with Crippen molar-refractivity contribution < 1.29 is 17.9 Å². The van der Waals surface area contributed by atoms with Crippen molar-refractivity contribution in [2.45, 2.75) is 57.6 Å². The van der Waals surface area contributed by atoms with Crippen LogP contribution < -0.4 is 16.0 Å². The van der Waals surface area contributed by atoms with Crippen LogP contribution in [0, 0.1) is 0 Å². The largest absolute Gasteiger partial charge is 0.444 e. The van der Waals surface area contributed by atoms with Gasteiger partial charge in [-0.15, -0.1) is 24.0 Å². The monoisotopic (exact) mass is 554 g/mol. The van der Waals surface area contributed by atoms with Crippen molar-refractivity contribution in [2.24, 2.45) is 4.99 Å². The summed E-state index contributed by atoms with van der Waals surface area (Å²) in [7, 11) is -3.37. The normalized spacial score (nSPS) is 12.5. The molecule has 1 amide bonds. The Hall–Kier alpha value is -1.56. The Balaban J connectivity index is 0.00000841. The summed E-state index contributed by atoms with van der Waals surface area (Å²) in [5, 5.41) is 8.89. The fourth-order valence-corrected chi connectivity index (χ4v) is 3.47. The van der Waals surface area contributed by atoms with E-state index >= 15 is 0 Å². The molecule has 0 fully saturated rings. The molecule has 0 aliphatic heterocycles. The molecular weight excluding hydrogens is 519 g/mol. The van der Waals surface area contributed by atoms with Crippen molar-refractivity contribution in [3.05, 3.63) is 30.3 Å². The number of carbonyl (C=O) groups is 1. The van der Waals surface area contributed by atoms with Gasteiger partial charge in [0.2, 0.25) is 0 Å². The summed E-state index contributed by atoms with van der Waals surface area (Å²) in [6.45, 7) is 12.1. The minimum absolute atomic E-state index is 0. The maximum Gasteiger partial charge on any atom is 0.408 e. The molecule has 0 radical (unpaired) electrons. The smallest absolute Gasteiger partial charge is 0.408 e. The molecule has 0 atom stereocenters. The number of alkyl carbamates (subject to hydrolysis) is 1. The van der Waals surface area contributed by atoms with E-state index in [1.807, 2.05) is 20.8 Å². The first-order chi connectivity index (χ1) is 13.3. The van der Waals surface area contributed by atoms with E-state index in [2.05, 4.69) is 20.9 Å². The minimum Gasteiger partial charge on any atom is -0.444 e. The van der Waals surface area contributed by atoms with Gasteiger partial charge in [0.25, 0.3) is 0 Å². The second-order valence-electron chi connectivity index (χ2n) is 8.26. The number of nitrogens with one attached hydrogen (secondary N) is 3. The van der Waals surface area contributed by atoms with Crippen LogP contribution in [-0.2, 0) is 14.6 Å². The second-order valence-corrected chi connectivity index (χ2v) is 10.4. The second kappa shape index (κ2) is 12.3. The van der Waals surface area contributed by atoms with E-state index in [1.165, 1.54) is 0 Å². The molecule has 0 bridgehead atoms. The van der Waals surface area contributed by atoms with Crippen molar-refractivity contribution in [3.63, 3.8) is 0 Å². The lowest BCUT2D eigenvalue weighted by Gasteiger charge is -2.27. The van der Waals surface area contributed by atoms with Crippen molar-refractivity contribution in [1.29, 1.82) is 0 Å². The Kier molecular flexibility index (Phi) is 11.7. The number of aliphatic imine (C=N–C) groups is 1. The summed E-state index contributed by atoms with van der Waals surface area (Å²) in [6.07, 6.45) is -0.510. The Morgan fingerprint density at radius 2 is 1.67 bits per heavy atom. The van der Waals surface area contributed by atoms with Crippen molar-refractivity contribution in [1.82, 2.24) is 16.0 Å². The molecule has 0 aliphatic carbocycles. The van der Waals surface area contributed by atoms with Gasteiger partial charge in [0.1, 0.15) is 5.60 Å². The summed E-state index contributed by atoms with van der Waals surface area (Å²) in [4.78, 5) is 16.7. The number of nitrogens with zero attached hydrogens (tertiary/aromatic N) is 1. The molecule has 10 heteroatoms. The van der Waals surface area contributed by atoms with E-state index in [9.17, 15) is 13.2 Å². The molecular formula is C20H35IN4O4S. The fourth-order valence-electron chi connectivity index (χ4n) is 2.29. The highest BCUT2D eigenvalue weighted by Crippen LogP contribution is 2.10. The van der Waals surface area contributed by atoms with Crippen LogP contribution in [0.4, 0.5) is 4.79 Å². The van der Waals surface area contributed by atoms with Gasteiger partial charge < -0.3 is 20.7 Å². The van der Waals surface area contributed by atoms with E-state index in [0.717, 1.165) is 0 Å². The van der Waals surface area contributed by atoms with Gasteiger partial charge in [-0.25, -0.2) is 13.2 Å².